The molecule has 21 heavy (non-hydrogen) atoms. The number of nitrogens with zero attached hydrogens (tertiary/aromatic N) is 2. The van der Waals surface area contributed by atoms with Crippen LogP contribution in [0.5, 0.6) is 0 Å². The molecule has 2 heterocycles. The summed E-state index contributed by atoms with van der Waals surface area (Å²) < 4.78 is 0.940. The van der Waals surface area contributed by atoms with Gasteiger partial charge in [-0.25, -0.2) is 4.98 Å². The average Bonchev–Trinajstić information content (AvgIpc) is 2.40. The van der Waals surface area contributed by atoms with Crippen LogP contribution in [0.4, 0.5) is 0 Å². The minimum Gasteiger partial charge on any atom is -0.314 e. The second-order valence-corrected chi connectivity index (χ2v) is 6.50. The molecule has 0 aliphatic carbocycles. The Morgan fingerprint density at radius 3 is 2.48 bits per heavy atom. The summed E-state index contributed by atoms with van der Waals surface area (Å²) in [4.78, 5) is 6.86. The minimum absolute atomic E-state index is 0. The highest BCUT2D eigenvalue weighted by molar-refractivity contribution is 9.10. The first-order valence-electron chi connectivity index (χ1n) is 7.23. The molecule has 1 fully saturated rings. The van der Waals surface area contributed by atoms with Crippen LogP contribution >= 0.6 is 40.7 Å². The van der Waals surface area contributed by atoms with Gasteiger partial charge in [0.25, 0.3) is 0 Å². The Morgan fingerprint density at radius 2 is 1.90 bits per heavy atom. The van der Waals surface area contributed by atoms with Crippen molar-refractivity contribution in [2.24, 2.45) is 5.92 Å². The lowest BCUT2D eigenvalue weighted by molar-refractivity contribution is 0.159. The van der Waals surface area contributed by atoms with E-state index in [1.807, 2.05) is 6.20 Å². The van der Waals surface area contributed by atoms with Gasteiger partial charge in [-0.05, 0) is 52.4 Å². The van der Waals surface area contributed by atoms with Crippen molar-refractivity contribution in [3.05, 3.63) is 28.5 Å². The van der Waals surface area contributed by atoms with E-state index in [0.717, 1.165) is 36.7 Å². The molecule has 1 N–H and O–H groups in total. The Labute approximate surface area is 149 Å². The molecular weight excluding hydrogens is 373 g/mol. The highest BCUT2D eigenvalue weighted by Gasteiger charge is 2.22. The molecule has 0 aromatic carbocycles. The van der Waals surface area contributed by atoms with E-state index in [-0.39, 0.29) is 24.8 Å². The molecule has 0 spiro atoms. The lowest BCUT2D eigenvalue weighted by Crippen LogP contribution is -2.45. The molecule has 1 saturated heterocycles. The van der Waals surface area contributed by atoms with Gasteiger partial charge in [0.2, 0.25) is 0 Å². The van der Waals surface area contributed by atoms with Crippen molar-refractivity contribution in [2.75, 3.05) is 26.2 Å². The van der Waals surface area contributed by atoms with E-state index in [2.05, 4.69) is 57.1 Å². The Balaban J connectivity index is 0.00000200. The van der Waals surface area contributed by atoms with Gasteiger partial charge in [0, 0.05) is 38.4 Å². The van der Waals surface area contributed by atoms with Crippen LogP contribution in [0, 0.1) is 5.92 Å². The van der Waals surface area contributed by atoms with E-state index < -0.39 is 0 Å². The Hall–Kier alpha value is 0.130. The van der Waals surface area contributed by atoms with Gasteiger partial charge >= 0.3 is 0 Å². The van der Waals surface area contributed by atoms with Crippen LogP contribution in [0.3, 0.4) is 0 Å². The second-order valence-electron chi connectivity index (χ2n) is 5.68. The van der Waals surface area contributed by atoms with E-state index in [1.54, 1.807) is 0 Å². The first kappa shape index (κ1) is 21.1. The zero-order valence-corrected chi connectivity index (χ0v) is 15.9. The quantitative estimate of drug-likeness (QED) is 0.757. The van der Waals surface area contributed by atoms with Crippen molar-refractivity contribution >= 4 is 40.7 Å². The number of nitrogens with one attached hydrogen (secondary N) is 1. The summed E-state index contributed by atoms with van der Waals surface area (Å²) in [6, 6.07) is 4.87. The van der Waals surface area contributed by atoms with E-state index in [4.69, 9.17) is 0 Å². The molecule has 3 nitrogen and oxygen atoms in total. The fraction of sp³-hybridized carbons (Fsp3) is 0.667. The molecule has 2 rings (SSSR count). The number of hydrogen-bond acceptors (Lipinski definition) is 3. The van der Waals surface area contributed by atoms with Gasteiger partial charge in [-0.15, -0.1) is 24.8 Å². The SMILES string of the molecule is CC(C)CC[C@@H](c1ccnc(Br)c1)N1CCNCC1.Cl.Cl. The molecule has 6 heteroatoms. The molecule has 0 bridgehead atoms. The van der Waals surface area contributed by atoms with E-state index in [9.17, 15) is 0 Å². The Kier molecular flexibility index (Phi) is 10.9. The molecule has 0 unspecified atom stereocenters. The van der Waals surface area contributed by atoms with Crippen molar-refractivity contribution in [3.8, 4) is 0 Å². The zero-order valence-electron chi connectivity index (χ0n) is 12.7. The summed E-state index contributed by atoms with van der Waals surface area (Å²) in [5.74, 6) is 0.760. The summed E-state index contributed by atoms with van der Waals surface area (Å²) in [6.45, 7) is 9.09. The molecule has 1 aromatic heterocycles. The molecule has 1 aliphatic heterocycles. The summed E-state index contributed by atoms with van der Waals surface area (Å²) in [5, 5.41) is 3.43. The average molecular weight is 399 g/mol. The van der Waals surface area contributed by atoms with Gasteiger partial charge < -0.3 is 5.32 Å². The maximum absolute atomic E-state index is 4.25. The molecule has 0 amide bonds. The monoisotopic (exact) mass is 397 g/mol. The number of halogens is 3. The number of hydrogen-bond donors (Lipinski definition) is 1. The molecule has 1 aliphatic rings. The van der Waals surface area contributed by atoms with Crippen LogP contribution < -0.4 is 5.32 Å². The Bertz CT molecular complexity index is 398. The molecular formula is C15H26BrCl2N3. The highest BCUT2D eigenvalue weighted by atomic mass is 79.9. The standard InChI is InChI=1S/C15H24BrN3.2ClH/c1-12(2)3-4-14(19-9-7-17-8-10-19)13-5-6-18-15(16)11-13;;/h5-6,11-12,14,17H,3-4,7-10H2,1-2H3;2*1H/t14-;;/m0../s1. The number of pyridine rings is 1. The second kappa shape index (κ2) is 10.8. The maximum Gasteiger partial charge on any atom is 0.106 e. The lowest BCUT2D eigenvalue weighted by atomic mass is 9.96. The molecule has 0 saturated carbocycles. The number of aromatic nitrogens is 1. The van der Waals surface area contributed by atoms with E-state index in [0.29, 0.717) is 6.04 Å². The van der Waals surface area contributed by atoms with Crippen molar-refractivity contribution in [3.63, 3.8) is 0 Å². The fourth-order valence-corrected chi connectivity index (χ4v) is 3.05. The fourth-order valence-electron chi connectivity index (χ4n) is 2.67. The first-order valence-corrected chi connectivity index (χ1v) is 8.02. The van der Waals surface area contributed by atoms with Crippen molar-refractivity contribution < 1.29 is 0 Å². The summed E-state index contributed by atoms with van der Waals surface area (Å²) in [6.07, 6.45) is 4.41. The molecule has 1 aromatic rings. The van der Waals surface area contributed by atoms with Crippen LogP contribution in [0.25, 0.3) is 0 Å². The van der Waals surface area contributed by atoms with Crippen LogP contribution in [0.15, 0.2) is 22.9 Å². The lowest BCUT2D eigenvalue weighted by Gasteiger charge is -2.35. The number of rotatable bonds is 5. The van der Waals surface area contributed by atoms with Gasteiger partial charge in [0.05, 0.1) is 0 Å². The largest absolute Gasteiger partial charge is 0.314 e. The predicted octanol–water partition coefficient (Wildman–Crippen LogP) is 4.07. The third kappa shape index (κ3) is 6.83. The van der Waals surface area contributed by atoms with Crippen LogP contribution in [0.2, 0.25) is 0 Å². The van der Waals surface area contributed by atoms with E-state index in [1.165, 1.54) is 18.4 Å². The van der Waals surface area contributed by atoms with Gasteiger partial charge in [0.15, 0.2) is 0 Å². The predicted molar refractivity (Wildman–Crippen MR) is 97.7 cm³/mol. The van der Waals surface area contributed by atoms with Gasteiger partial charge in [-0.3, -0.25) is 4.90 Å². The molecule has 122 valence electrons. The topological polar surface area (TPSA) is 28.2 Å². The zero-order chi connectivity index (χ0) is 13.7. The molecule has 1 atom stereocenters. The summed E-state index contributed by atoms with van der Waals surface area (Å²) >= 11 is 3.49. The van der Waals surface area contributed by atoms with Crippen molar-refractivity contribution in [1.29, 1.82) is 0 Å². The van der Waals surface area contributed by atoms with Crippen molar-refractivity contribution in [1.82, 2.24) is 15.2 Å². The van der Waals surface area contributed by atoms with Crippen LogP contribution in [-0.2, 0) is 0 Å². The molecule has 0 radical (unpaired) electrons. The summed E-state index contributed by atoms with van der Waals surface area (Å²) in [7, 11) is 0. The third-order valence-electron chi connectivity index (χ3n) is 3.75. The minimum atomic E-state index is 0. The normalized spacial score (nSPS) is 17.0. The third-order valence-corrected chi connectivity index (χ3v) is 4.18. The number of piperazine rings is 1. The van der Waals surface area contributed by atoms with E-state index >= 15 is 0 Å². The van der Waals surface area contributed by atoms with Gasteiger partial charge in [-0.1, -0.05) is 13.8 Å². The van der Waals surface area contributed by atoms with Gasteiger partial charge in [-0.2, -0.15) is 0 Å². The van der Waals surface area contributed by atoms with Crippen LogP contribution in [-0.4, -0.2) is 36.1 Å². The van der Waals surface area contributed by atoms with Crippen molar-refractivity contribution in [2.45, 2.75) is 32.7 Å². The highest BCUT2D eigenvalue weighted by Crippen LogP contribution is 2.28. The maximum atomic E-state index is 4.25. The van der Waals surface area contributed by atoms with Crippen LogP contribution in [0.1, 0.15) is 38.3 Å². The first-order chi connectivity index (χ1) is 9.16. The smallest absolute Gasteiger partial charge is 0.106 e. The van der Waals surface area contributed by atoms with Gasteiger partial charge in [0.1, 0.15) is 4.60 Å². The Morgan fingerprint density at radius 1 is 1.24 bits per heavy atom. The summed E-state index contributed by atoms with van der Waals surface area (Å²) in [5.41, 5.74) is 1.39.